The maximum absolute atomic E-state index is 5.35. The molecule has 2 rings (SSSR count). The molecule has 1 aromatic carbocycles. The lowest BCUT2D eigenvalue weighted by Crippen LogP contribution is -1.95. The van der Waals surface area contributed by atoms with E-state index < -0.39 is 0 Å². The normalized spacial score (nSPS) is 10.5. The topological polar surface area (TPSA) is 49.2 Å². The van der Waals surface area contributed by atoms with E-state index in [2.05, 4.69) is 10.1 Å². The molecule has 2 aromatic rings. The van der Waals surface area contributed by atoms with Gasteiger partial charge in [-0.25, -0.2) is 4.68 Å². The van der Waals surface area contributed by atoms with Crippen LogP contribution in [0.5, 0.6) is 11.8 Å². The standard InChI is InChI=1S/C13H17N3O2/c1-8-6-10(7-9(2)11(8)17-4)12-14-13(18-5)16(3)15-12/h6-7H,1-5H3. The van der Waals surface area contributed by atoms with Gasteiger partial charge in [-0.2, -0.15) is 4.98 Å². The number of hydrogen-bond acceptors (Lipinski definition) is 4. The molecule has 1 heterocycles. The molecule has 5 nitrogen and oxygen atoms in total. The maximum Gasteiger partial charge on any atom is 0.314 e. The Hall–Kier alpha value is -2.04. The van der Waals surface area contributed by atoms with Gasteiger partial charge in [0.05, 0.1) is 14.2 Å². The Kier molecular flexibility index (Phi) is 3.23. The van der Waals surface area contributed by atoms with Crippen LogP contribution in [0.1, 0.15) is 11.1 Å². The molecule has 5 heteroatoms. The molecule has 0 N–H and O–H groups in total. The quantitative estimate of drug-likeness (QED) is 0.833. The molecule has 0 aliphatic rings. The number of aryl methyl sites for hydroxylation is 3. The molecule has 0 spiro atoms. The highest BCUT2D eigenvalue weighted by Crippen LogP contribution is 2.29. The Bertz CT molecular complexity index is 553. The molecule has 0 amide bonds. The highest BCUT2D eigenvalue weighted by atomic mass is 16.5. The first kappa shape index (κ1) is 12.4. The second kappa shape index (κ2) is 4.68. The van der Waals surface area contributed by atoms with Crippen LogP contribution >= 0.6 is 0 Å². The fourth-order valence-corrected chi connectivity index (χ4v) is 2.07. The van der Waals surface area contributed by atoms with Crippen molar-refractivity contribution in [3.05, 3.63) is 23.3 Å². The van der Waals surface area contributed by atoms with E-state index in [9.17, 15) is 0 Å². The van der Waals surface area contributed by atoms with E-state index in [1.54, 1.807) is 25.9 Å². The van der Waals surface area contributed by atoms with Gasteiger partial charge < -0.3 is 9.47 Å². The molecule has 96 valence electrons. The monoisotopic (exact) mass is 247 g/mol. The van der Waals surface area contributed by atoms with Crippen molar-refractivity contribution in [2.75, 3.05) is 14.2 Å². The molecule has 0 bridgehead atoms. The molecule has 0 fully saturated rings. The van der Waals surface area contributed by atoms with Crippen LogP contribution in [0.4, 0.5) is 0 Å². The van der Waals surface area contributed by atoms with Gasteiger partial charge in [-0.1, -0.05) is 0 Å². The Morgan fingerprint density at radius 1 is 1.06 bits per heavy atom. The van der Waals surface area contributed by atoms with Crippen molar-refractivity contribution < 1.29 is 9.47 Å². The third-order valence-corrected chi connectivity index (χ3v) is 2.83. The average molecular weight is 247 g/mol. The summed E-state index contributed by atoms with van der Waals surface area (Å²) in [5.41, 5.74) is 3.10. The summed E-state index contributed by atoms with van der Waals surface area (Å²) in [5.74, 6) is 1.56. The smallest absolute Gasteiger partial charge is 0.314 e. The molecule has 0 atom stereocenters. The summed E-state index contributed by atoms with van der Waals surface area (Å²) in [7, 11) is 5.06. The van der Waals surface area contributed by atoms with E-state index in [4.69, 9.17) is 9.47 Å². The van der Waals surface area contributed by atoms with Gasteiger partial charge in [-0.3, -0.25) is 0 Å². The summed E-state index contributed by atoms with van der Waals surface area (Å²) in [6, 6.07) is 4.53. The van der Waals surface area contributed by atoms with Gasteiger partial charge >= 0.3 is 6.01 Å². The van der Waals surface area contributed by atoms with Crippen molar-refractivity contribution in [2.45, 2.75) is 13.8 Å². The van der Waals surface area contributed by atoms with Crippen LogP contribution in [0.25, 0.3) is 11.4 Å². The van der Waals surface area contributed by atoms with Crippen LogP contribution in [0.3, 0.4) is 0 Å². The number of methoxy groups -OCH3 is 2. The second-order valence-electron chi connectivity index (χ2n) is 4.19. The van der Waals surface area contributed by atoms with Crippen LogP contribution in [-0.2, 0) is 7.05 Å². The van der Waals surface area contributed by atoms with Crippen molar-refractivity contribution in [1.82, 2.24) is 14.8 Å². The molecule has 0 saturated heterocycles. The molecule has 1 aromatic heterocycles. The number of ether oxygens (including phenoxy) is 2. The van der Waals surface area contributed by atoms with E-state index in [-0.39, 0.29) is 0 Å². The van der Waals surface area contributed by atoms with Crippen LogP contribution < -0.4 is 9.47 Å². The van der Waals surface area contributed by atoms with Gasteiger partial charge in [0.15, 0.2) is 5.82 Å². The number of benzene rings is 1. The first-order valence-corrected chi connectivity index (χ1v) is 5.67. The Morgan fingerprint density at radius 2 is 1.67 bits per heavy atom. The second-order valence-corrected chi connectivity index (χ2v) is 4.19. The minimum absolute atomic E-state index is 0.496. The van der Waals surface area contributed by atoms with Gasteiger partial charge in [0.2, 0.25) is 0 Å². The first-order valence-electron chi connectivity index (χ1n) is 5.67. The highest BCUT2D eigenvalue weighted by Gasteiger charge is 2.12. The lowest BCUT2D eigenvalue weighted by Gasteiger charge is -2.09. The lowest BCUT2D eigenvalue weighted by molar-refractivity contribution is 0.359. The molecule has 18 heavy (non-hydrogen) atoms. The van der Waals surface area contributed by atoms with Crippen molar-refractivity contribution in [1.29, 1.82) is 0 Å². The predicted molar refractivity (Wildman–Crippen MR) is 69.0 cm³/mol. The fourth-order valence-electron chi connectivity index (χ4n) is 2.07. The summed E-state index contributed by atoms with van der Waals surface area (Å²) < 4.78 is 12.1. The van der Waals surface area contributed by atoms with Crippen molar-refractivity contribution >= 4 is 0 Å². The van der Waals surface area contributed by atoms with Gasteiger partial charge in [0.1, 0.15) is 5.75 Å². The molecule has 0 unspecified atom stereocenters. The van der Waals surface area contributed by atoms with E-state index in [1.165, 1.54) is 0 Å². The zero-order chi connectivity index (χ0) is 13.3. The molecular formula is C13H17N3O2. The highest BCUT2D eigenvalue weighted by molar-refractivity contribution is 5.61. The number of hydrogen-bond donors (Lipinski definition) is 0. The molecule has 0 aliphatic heterocycles. The van der Waals surface area contributed by atoms with E-state index in [0.29, 0.717) is 11.8 Å². The number of rotatable bonds is 3. The Labute approximate surface area is 106 Å². The van der Waals surface area contributed by atoms with Crippen LogP contribution in [0.2, 0.25) is 0 Å². The molecule has 0 radical (unpaired) electrons. The molecule has 0 saturated carbocycles. The summed E-state index contributed by atoms with van der Waals surface area (Å²) in [4.78, 5) is 4.33. The summed E-state index contributed by atoms with van der Waals surface area (Å²) in [6.07, 6.45) is 0. The molecular weight excluding hydrogens is 230 g/mol. The summed E-state index contributed by atoms with van der Waals surface area (Å²) in [6.45, 7) is 4.02. The lowest BCUT2D eigenvalue weighted by atomic mass is 10.1. The Morgan fingerprint density at radius 3 is 2.11 bits per heavy atom. The van der Waals surface area contributed by atoms with Crippen LogP contribution in [0.15, 0.2) is 12.1 Å². The fraction of sp³-hybridized carbons (Fsp3) is 0.385. The number of nitrogens with zero attached hydrogens (tertiary/aromatic N) is 3. The first-order chi connectivity index (χ1) is 8.56. The minimum Gasteiger partial charge on any atom is -0.496 e. The van der Waals surface area contributed by atoms with Crippen molar-refractivity contribution in [2.24, 2.45) is 7.05 Å². The van der Waals surface area contributed by atoms with Crippen LogP contribution in [-0.4, -0.2) is 29.0 Å². The average Bonchev–Trinajstić information content (AvgIpc) is 2.70. The summed E-state index contributed by atoms with van der Waals surface area (Å²) in [5, 5.41) is 4.33. The SMILES string of the molecule is COc1c(C)cc(-c2nc(OC)n(C)n2)cc1C. The maximum atomic E-state index is 5.35. The zero-order valence-electron chi connectivity index (χ0n) is 11.3. The van der Waals surface area contributed by atoms with E-state index in [0.717, 1.165) is 22.4 Å². The third-order valence-electron chi connectivity index (χ3n) is 2.83. The third kappa shape index (κ3) is 2.03. The van der Waals surface area contributed by atoms with Crippen molar-refractivity contribution in [3.63, 3.8) is 0 Å². The predicted octanol–water partition coefficient (Wildman–Crippen LogP) is 2.12. The van der Waals surface area contributed by atoms with E-state index >= 15 is 0 Å². The largest absolute Gasteiger partial charge is 0.496 e. The Balaban J connectivity index is 2.51. The summed E-state index contributed by atoms with van der Waals surface area (Å²) >= 11 is 0. The molecule has 0 aliphatic carbocycles. The number of aromatic nitrogens is 3. The van der Waals surface area contributed by atoms with Gasteiger partial charge in [-0.05, 0) is 37.1 Å². The minimum atomic E-state index is 0.496. The van der Waals surface area contributed by atoms with Crippen LogP contribution in [0, 0.1) is 13.8 Å². The van der Waals surface area contributed by atoms with E-state index in [1.807, 2.05) is 26.0 Å². The van der Waals surface area contributed by atoms with Gasteiger partial charge in [-0.15, -0.1) is 5.10 Å². The van der Waals surface area contributed by atoms with Gasteiger partial charge in [0, 0.05) is 12.6 Å². The zero-order valence-corrected chi connectivity index (χ0v) is 11.3. The van der Waals surface area contributed by atoms with Crippen molar-refractivity contribution in [3.8, 4) is 23.1 Å². The van der Waals surface area contributed by atoms with Gasteiger partial charge in [0.25, 0.3) is 0 Å².